The Morgan fingerprint density at radius 1 is 1.10 bits per heavy atom. The van der Waals surface area contributed by atoms with Gasteiger partial charge in [0.2, 0.25) is 0 Å². The summed E-state index contributed by atoms with van der Waals surface area (Å²) in [4.78, 5) is 13.0. The van der Waals surface area contributed by atoms with Crippen LogP contribution in [0.4, 0.5) is 0 Å². The second-order valence-electron chi connectivity index (χ2n) is 10.6. The Morgan fingerprint density at radius 2 is 1.77 bits per heavy atom. The third-order valence-corrected chi connectivity index (χ3v) is 7.81. The van der Waals surface area contributed by atoms with Crippen molar-refractivity contribution < 1.29 is 4.79 Å². The molecule has 1 aromatic rings. The molecule has 4 aliphatic rings. The predicted molar refractivity (Wildman–Crippen MR) is 124 cm³/mol. The molecule has 1 amide bonds. The summed E-state index contributed by atoms with van der Waals surface area (Å²) in [6.45, 7) is 7.87. The molecule has 0 spiro atoms. The van der Waals surface area contributed by atoms with Gasteiger partial charge in [-0.05, 0) is 98.9 Å². The minimum atomic E-state index is -0.0151. The molecule has 0 heterocycles. The van der Waals surface area contributed by atoms with Crippen molar-refractivity contribution in [1.82, 2.24) is 16.0 Å². The van der Waals surface area contributed by atoms with Gasteiger partial charge in [-0.2, -0.15) is 0 Å². The second-order valence-corrected chi connectivity index (χ2v) is 11.0. The molecule has 0 atom stereocenters. The first-order chi connectivity index (χ1) is 14.4. The largest absolute Gasteiger partial charge is 0.351 e. The standard InChI is InChI=1S/C25H38ClN3O/c1-17(2)28-7-3-6-27-15-18-4-5-23(26)22(11-18)24(30)29-16-25-12-19-8-20(13-25)10-21(9-19)14-25/h4-5,11,17,19-21,27-28H,3,6-10,12-16H2,1-2H3,(H,29,30). The van der Waals surface area contributed by atoms with Crippen molar-refractivity contribution >= 4 is 17.5 Å². The van der Waals surface area contributed by atoms with Crippen LogP contribution in [0.1, 0.15) is 74.7 Å². The van der Waals surface area contributed by atoms with Gasteiger partial charge >= 0.3 is 0 Å². The zero-order valence-corrected chi connectivity index (χ0v) is 19.4. The highest BCUT2D eigenvalue weighted by molar-refractivity contribution is 6.33. The molecule has 166 valence electrons. The predicted octanol–water partition coefficient (Wildman–Crippen LogP) is 4.76. The number of amides is 1. The van der Waals surface area contributed by atoms with E-state index in [1.54, 1.807) is 0 Å². The summed E-state index contributed by atoms with van der Waals surface area (Å²) in [5.41, 5.74) is 2.07. The molecule has 4 nitrogen and oxygen atoms in total. The lowest BCUT2D eigenvalue weighted by molar-refractivity contribution is -0.0503. The number of halogens is 1. The van der Waals surface area contributed by atoms with E-state index in [4.69, 9.17) is 11.6 Å². The monoisotopic (exact) mass is 431 g/mol. The molecule has 4 saturated carbocycles. The molecule has 0 unspecified atom stereocenters. The molecule has 0 radical (unpaired) electrons. The average Bonchev–Trinajstić information content (AvgIpc) is 2.69. The van der Waals surface area contributed by atoms with Crippen LogP contribution in [0.15, 0.2) is 18.2 Å². The quantitative estimate of drug-likeness (QED) is 0.468. The lowest BCUT2D eigenvalue weighted by Gasteiger charge is -2.56. The average molecular weight is 432 g/mol. The summed E-state index contributed by atoms with van der Waals surface area (Å²) >= 11 is 6.39. The van der Waals surface area contributed by atoms with Crippen molar-refractivity contribution in [2.75, 3.05) is 19.6 Å². The maximum absolute atomic E-state index is 13.0. The van der Waals surface area contributed by atoms with E-state index in [-0.39, 0.29) is 5.91 Å². The van der Waals surface area contributed by atoms with Crippen LogP contribution in [0.5, 0.6) is 0 Å². The van der Waals surface area contributed by atoms with Gasteiger partial charge < -0.3 is 16.0 Å². The molecule has 1 aromatic carbocycles. The van der Waals surface area contributed by atoms with Gasteiger partial charge in [0.1, 0.15) is 0 Å². The number of benzene rings is 1. The van der Waals surface area contributed by atoms with Crippen LogP contribution in [0.2, 0.25) is 5.02 Å². The first-order valence-corrected chi connectivity index (χ1v) is 12.3. The van der Waals surface area contributed by atoms with Gasteiger partial charge in [-0.15, -0.1) is 0 Å². The Balaban J connectivity index is 1.28. The lowest BCUT2D eigenvalue weighted by atomic mass is 9.49. The summed E-state index contributed by atoms with van der Waals surface area (Å²) in [5, 5.41) is 10.7. The van der Waals surface area contributed by atoms with E-state index in [1.807, 2.05) is 18.2 Å². The minimum absolute atomic E-state index is 0.0151. The molecule has 0 saturated heterocycles. The van der Waals surface area contributed by atoms with Crippen LogP contribution in [0, 0.1) is 23.2 Å². The minimum Gasteiger partial charge on any atom is -0.351 e. The number of carbonyl (C=O) groups is 1. The summed E-state index contributed by atoms with van der Waals surface area (Å²) in [6.07, 6.45) is 9.31. The lowest BCUT2D eigenvalue weighted by Crippen LogP contribution is -2.51. The Labute approximate surface area is 186 Å². The molecule has 0 aromatic heterocycles. The zero-order valence-electron chi connectivity index (χ0n) is 18.6. The third kappa shape index (κ3) is 5.38. The first-order valence-electron chi connectivity index (χ1n) is 11.9. The van der Waals surface area contributed by atoms with Gasteiger partial charge in [-0.1, -0.05) is 31.5 Å². The van der Waals surface area contributed by atoms with Crippen molar-refractivity contribution in [3.8, 4) is 0 Å². The highest BCUT2D eigenvalue weighted by Gasteiger charge is 2.50. The molecule has 5 rings (SSSR count). The van der Waals surface area contributed by atoms with Gasteiger partial charge in [0, 0.05) is 19.1 Å². The number of hydrogen-bond donors (Lipinski definition) is 3. The van der Waals surface area contributed by atoms with Gasteiger partial charge in [0.25, 0.3) is 5.91 Å². The van der Waals surface area contributed by atoms with Gasteiger partial charge in [-0.3, -0.25) is 4.79 Å². The van der Waals surface area contributed by atoms with Gasteiger partial charge in [0.05, 0.1) is 10.6 Å². The molecule has 5 heteroatoms. The summed E-state index contributed by atoms with van der Waals surface area (Å²) in [7, 11) is 0. The van der Waals surface area contributed by atoms with E-state index >= 15 is 0 Å². The number of rotatable bonds is 10. The van der Waals surface area contributed by atoms with Crippen molar-refractivity contribution in [2.24, 2.45) is 23.2 Å². The molecule has 4 bridgehead atoms. The Bertz CT molecular complexity index is 713. The summed E-state index contributed by atoms with van der Waals surface area (Å²) in [6, 6.07) is 6.35. The fourth-order valence-electron chi connectivity index (χ4n) is 6.56. The first kappa shape index (κ1) is 22.1. The maximum Gasteiger partial charge on any atom is 0.252 e. The van der Waals surface area contributed by atoms with Gasteiger partial charge in [0.15, 0.2) is 0 Å². The second kappa shape index (κ2) is 9.58. The Kier molecular flexibility index (Phi) is 7.06. The number of nitrogens with one attached hydrogen (secondary N) is 3. The van der Waals surface area contributed by atoms with Crippen LogP contribution < -0.4 is 16.0 Å². The van der Waals surface area contributed by atoms with Crippen LogP contribution in [0.25, 0.3) is 0 Å². The van der Waals surface area contributed by atoms with Crippen LogP contribution in [-0.2, 0) is 6.54 Å². The van der Waals surface area contributed by atoms with Crippen molar-refractivity contribution in [3.63, 3.8) is 0 Å². The van der Waals surface area contributed by atoms with Crippen LogP contribution in [-0.4, -0.2) is 31.6 Å². The number of carbonyl (C=O) groups excluding carboxylic acids is 1. The Hall–Kier alpha value is -1.10. The third-order valence-electron chi connectivity index (χ3n) is 7.48. The van der Waals surface area contributed by atoms with Crippen molar-refractivity contribution in [3.05, 3.63) is 34.3 Å². The molecule has 3 N–H and O–H groups in total. The van der Waals surface area contributed by atoms with E-state index in [0.29, 0.717) is 22.0 Å². The topological polar surface area (TPSA) is 53.2 Å². The fraction of sp³-hybridized carbons (Fsp3) is 0.720. The normalized spacial score (nSPS) is 29.5. The van der Waals surface area contributed by atoms with E-state index < -0.39 is 0 Å². The highest BCUT2D eigenvalue weighted by atomic mass is 35.5. The van der Waals surface area contributed by atoms with E-state index in [9.17, 15) is 4.79 Å². The SMILES string of the molecule is CC(C)NCCCNCc1ccc(Cl)c(C(=O)NCC23CC4CC(CC(C4)C2)C3)c1. The fourth-order valence-corrected chi connectivity index (χ4v) is 6.77. The van der Waals surface area contributed by atoms with Crippen LogP contribution >= 0.6 is 11.6 Å². The number of hydrogen-bond acceptors (Lipinski definition) is 3. The molecule has 4 fully saturated rings. The highest BCUT2D eigenvalue weighted by Crippen LogP contribution is 2.59. The molecular formula is C25H38ClN3O. The summed E-state index contributed by atoms with van der Waals surface area (Å²) < 4.78 is 0. The van der Waals surface area contributed by atoms with Crippen LogP contribution in [0.3, 0.4) is 0 Å². The molecule has 4 aliphatic carbocycles. The Morgan fingerprint density at radius 3 is 2.40 bits per heavy atom. The maximum atomic E-state index is 13.0. The zero-order chi connectivity index (χ0) is 21.1. The van der Waals surface area contributed by atoms with Crippen molar-refractivity contribution in [2.45, 2.75) is 71.4 Å². The van der Waals surface area contributed by atoms with E-state index in [2.05, 4.69) is 29.8 Å². The van der Waals surface area contributed by atoms with Gasteiger partial charge in [-0.25, -0.2) is 0 Å². The smallest absolute Gasteiger partial charge is 0.252 e. The van der Waals surface area contributed by atoms with Crippen molar-refractivity contribution in [1.29, 1.82) is 0 Å². The molecule has 0 aliphatic heterocycles. The summed E-state index contributed by atoms with van der Waals surface area (Å²) in [5.74, 6) is 2.70. The molecular weight excluding hydrogens is 394 g/mol. The van der Waals surface area contributed by atoms with E-state index in [0.717, 1.165) is 55.9 Å². The molecule has 30 heavy (non-hydrogen) atoms. The van der Waals surface area contributed by atoms with E-state index in [1.165, 1.54) is 38.5 Å².